The fourth-order valence-corrected chi connectivity index (χ4v) is 6.63. The number of hydrogen-bond acceptors (Lipinski definition) is 8. The molecule has 1 aliphatic carbocycles. The summed E-state index contributed by atoms with van der Waals surface area (Å²) in [4.78, 5) is 30.2. The van der Waals surface area contributed by atoms with E-state index >= 15 is 0 Å². The molecule has 2 N–H and O–H groups in total. The van der Waals surface area contributed by atoms with Gasteiger partial charge in [-0.15, -0.1) is 0 Å². The van der Waals surface area contributed by atoms with Gasteiger partial charge < -0.3 is 39.1 Å². The van der Waals surface area contributed by atoms with Crippen molar-refractivity contribution in [2.75, 3.05) is 40.3 Å². The van der Waals surface area contributed by atoms with Crippen LogP contribution < -0.4 is 29.7 Å². The second-order valence-electron chi connectivity index (χ2n) is 14.4. The zero-order valence-corrected chi connectivity index (χ0v) is 30.1. The highest BCUT2D eigenvalue weighted by molar-refractivity contribution is 6.48. The number of carbonyl (C=O) groups excluding carboxylic acids is 2. The van der Waals surface area contributed by atoms with E-state index < -0.39 is 30.3 Å². The number of nitrogens with one attached hydrogen (secondary N) is 2. The first kappa shape index (κ1) is 36.4. The quantitative estimate of drug-likeness (QED) is 0.299. The molecule has 1 saturated heterocycles. The smallest absolute Gasteiger partial charge is 0.481 e. The lowest BCUT2D eigenvalue weighted by molar-refractivity contribution is -0.131. The highest BCUT2D eigenvalue weighted by atomic mass is 16.7. The lowest BCUT2D eigenvalue weighted by Crippen LogP contribution is -2.56. The van der Waals surface area contributed by atoms with Crippen molar-refractivity contribution in [2.24, 2.45) is 11.8 Å². The number of carbonyl (C=O) groups is 2. The SMILES string of the molecule is COc1c2c(c(N(C)C)c(OC)c1OC)CC(C(=O)N[C@@H](Cc1ccccc1)C(=O)NC(CC(C)C)B1OC(C)(C)C(C)(C)O1)CC2. The van der Waals surface area contributed by atoms with Crippen LogP contribution in [0.2, 0.25) is 0 Å². The van der Waals surface area contributed by atoms with Crippen molar-refractivity contribution >= 4 is 24.6 Å². The summed E-state index contributed by atoms with van der Waals surface area (Å²) in [6, 6.07) is 8.96. The van der Waals surface area contributed by atoms with Crippen LogP contribution in [0.1, 0.15) is 71.1 Å². The summed E-state index contributed by atoms with van der Waals surface area (Å²) in [6.45, 7) is 12.2. The normalized spacial score (nSPS) is 19.4. The number of methoxy groups -OCH3 is 3. The Morgan fingerprint density at radius 2 is 1.51 bits per heavy atom. The predicted molar refractivity (Wildman–Crippen MR) is 185 cm³/mol. The molecule has 2 amide bonds. The van der Waals surface area contributed by atoms with Gasteiger partial charge in [0, 0.05) is 32.0 Å². The molecule has 2 unspecified atom stereocenters. The van der Waals surface area contributed by atoms with E-state index in [4.69, 9.17) is 23.5 Å². The van der Waals surface area contributed by atoms with Crippen molar-refractivity contribution in [3.8, 4) is 17.2 Å². The van der Waals surface area contributed by atoms with Gasteiger partial charge in [0.2, 0.25) is 17.6 Å². The van der Waals surface area contributed by atoms with Crippen molar-refractivity contribution in [3.63, 3.8) is 0 Å². The summed E-state index contributed by atoms with van der Waals surface area (Å²) >= 11 is 0. The summed E-state index contributed by atoms with van der Waals surface area (Å²) in [6.07, 6.45) is 2.69. The van der Waals surface area contributed by atoms with Gasteiger partial charge in [0.15, 0.2) is 11.5 Å². The minimum Gasteiger partial charge on any atom is -0.492 e. The third-order valence-electron chi connectivity index (χ3n) is 9.74. The van der Waals surface area contributed by atoms with Gasteiger partial charge in [0.05, 0.1) is 44.2 Å². The molecule has 47 heavy (non-hydrogen) atoms. The van der Waals surface area contributed by atoms with Gasteiger partial charge in [-0.05, 0) is 70.4 Å². The molecule has 2 aromatic carbocycles. The minimum atomic E-state index is -0.795. The van der Waals surface area contributed by atoms with E-state index in [1.165, 1.54) is 0 Å². The van der Waals surface area contributed by atoms with Crippen LogP contribution in [0.15, 0.2) is 30.3 Å². The van der Waals surface area contributed by atoms with E-state index in [1.54, 1.807) is 21.3 Å². The molecule has 1 fully saturated rings. The van der Waals surface area contributed by atoms with Crippen molar-refractivity contribution in [1.82, 2.24) is 10.6 Å². The Morgan fingerprint density at radius 3 is 2.04 bits per heavy atom. The van der Waals surface area contributed by atoms with Gasteiger partial charge >= 0.3 is 7.12 Å². The molecular weight excluding hydrogens is 597 g/mol. The third kappa shape index (κ3) is 7.83. The lowest BCUT2D eigenvalue weighted by Gasteiger charge is -2.33. The maximum absolute atomic E-state index is 14.1. The zero-order valence-electron chi connectivity index (χ0n) is 30.1. The number of hydrogen-bond donors (Lipinski definition) is 2. The Morgan fingerprint density at radius 1 is 0.915 bits per heavy atom. The number of benzene rings is 2. The standard InChI is InChI=1S/C36H54BN3O7/c1-22(2)19-28(37-46-35(3,4)36(5,6)47-37)39-34(42)27(20-23-15-13-12-14-16-23)38-33(41)24-17-18-25-26(21-24)29(40(7)8)31(44-10)32(45-11)30(25)43-9/h12-16,22,24,27-28H,17-21H2,1-11H3,(H,38,41)(H,39,42)/t24?,27-,28?/m0/s1. The number of amides is 2. The maximum Gasteiger partial charge on any atom is 0.481 e. The second kappa shape index (κ2) is 14.8. The first-order valence-corrected chi connectivity index (χ1v) is 16.6. The number of rotatable bonds is 13. The molecule has 0 spiro atoms. The van der Waals surface area contributed by atoms with Gasteiger partial charge in [0.1, 0.15) is 6.04 Å². The minimum absolute atomic E-state index is 0.166. The number of nitrogens with zero attached hydrogens (tertiary/aromatic N) is 1. The molecule has 3 atom stereocenters. The van der Waals surface area contributed by atoms with Gasteiger partial charge in [-0.3, -0.25) is 9.59 Å². The number of ether oxygens (including phenoxy) is 3. The molecule has 2 aliphatic rings. The zero-order chi connectivity index (χ0) is 34.7. The van der Waals surface area contributed by atoms with E-state index in [-0.39, 0.29) is 23.7 Å². The molecular formula is C36H54BN3O7. The lowest BCUT2D eigenvalue weighted by atomic mass is 9.73. The summed E-state index contributed by atoms with van der Waals surface area (Å²) in [5.74, 6) is 0.836. The molecule has 10 nitrogen and oxygen atoms in total. The Labute approximate surface area is 281 Å². The first-order chi connectivity index (χ1) is 22.1. The van der Waals surface area contributed by atoms with Crippen LogP contribution in [0.25, 0.3) is 0 Å². The van der Waals surface area contributed by atoms with E-state index in [1.807, 2.05) is 77.0 Å². The molecule has 0 aromatic heterocycles. The molecule has 2 aromatic rings. The van der Waals surface area contributed by atoms with Crippen LogP contribution in [0.4, 0.5) is 5.69 Å². The van der Waals surface area contributed by atoms with Gasteiger partial charge in [-0.1, -0.05) is 44.2 Å². The van der Waals surface area contributed by atoms with Crippen LogP contribution in [0.5, 0.6) is 17.2 Å². The largest absolute Gasteiger partial charge is 0.492 e. The van der Waals surface area contributed by atoms with Crippen LogP contribution in [-0.4, -0.2) is 77.5 Å². The summed E-state index contributed by atoms with van der Waals surface area (Å²) in [5.41, 5.74) is 2.73. The van der Waals surface area contributed by atoms with Crippen molar-refractivity contribution < 1.29 is 33.1 Å². The van der Waals surface area contributed by atoms with Gasteiger partial charge in [-0.25, -0.2) is 0 Å². The van der Waals surface area contributed by atoms with Crippen LogP contribution in [0.3, 0.4) is 0 Å². The topological polar surface area (TPSA) is 108 Å². The van der Waals surface area contributed by atoms with Crippen LogP contribution in [-0.2, 0) is 38.2 Å². The highest BCUT2D eigenvalue weighted by Gasteiger charge is 2.54. The Kier molecular flexibility index (Phi) is 11.4. The second-order valence-corrected chi connectivity index (χ2v) is 14.4. The van der Waals surface area contributed by atoms with E-state index in [0.29, 0.717) is 49.4 Å². The molecule has 1 aliphatic heterocycles. The molecule has 11 heteroatoms. The molecule has 0 bridgehead atoms. The van der Waals surface area contributed by atoms with E-state index in [0.717, 1.165) is 22.4 Å². The monoisotopic (exact) mass is 651 g/mol. The molecule has 1 heterocycles. The number of anilines is 1. The van der Waals surface area contributed by atoms with Crippen molar-refractivity contribution in [1.29, 1.82) is 0 Å². The fraction of sp³-hybridized carbons (Fsp3) is 0.611. The average molecular weight is 652 g/mol. The highest BCUT2D eigenvalue weighted by Crippen LogP contribution is 2.52. The molecule has 0 radical (unpaired) electrons. The Balaban J connectivity index is 1.61. The van der Waals surface area contributed by atoms with Gasteiger partial charge in [-0.2, -0.15) is 0 Å². The van der Waals surface area contributed by atoms with Crippen LogP contribution in [0, 0.1) is 11.8 Å². The first-order valence-electron chi connectivity index (χ1n) is 16.6. The van der Waals surface area contributed by atoms with E-state index in [9.17, 15) is 9.59 Å². The summed E-state index contributed by atoms with van der Waals surface area (Å²) < 4.78 is 30.1. The maximum atomic E-state index is 14.1. The van der Waals surface area contributed by atoms with Crippen molar-refractivity contribution in [2.45, 2.75) is 96.8 Å². The fourth-order valence-electron chi connectivity index (χ4n) is 6.63. The average Bonchev–Trinajstić information content (AvgIpc) is 3.24. The Bertz CT molecular complexity index is 1400. The molecule has 0 saturated carbocycles. The summed E-state index contributed by atoms with van der Waals surface area (Å²) in [5, 5.41) is 6.36. The summed E-state index contributed by atoms with van der Waals surface area (Å²) in [7, 11) is 8.10. The molecule has 258 valence electrons. The third-order valence-corrected chi connectivity index (χ3v) is 9.74. The van der Waals surface area contributed by atoms with Crippen molar-refractivity contribution in [3.05, 3.63) is 47.0 Å². The van der Waals surface area contributed by atoms with Gasteiger partial charge in [0.25, 0.3) is 0 Å². The predicted octanol–water partition coefficient (Wildman–Crippen LogP) is 4.77. The molecule has 4 rings (SSSR count). The van der Waals surface area contributed by atoms with E-state index in [2.05, 4.69) is 24.5 Å². The van der Waals surface area contributed by atoms with Crippen LogP contribution >= 0.6 is 0 Å². The number of fused-ring (bicyclic) bond motifs is 1. The Hall–Kier alpha value is -3.44.